The van der Waals surface area contributed by atoms with E-state index in [1.54, 1.807) is 22.7 Å². The number of alkyl halides is 3. The highest BCUT2D eigenvalue weighted by Gasteiger charge is 2.33. The Morgan fingerprint density at radius 2 is 2.00 bits per heavy atom. The minimum Gasteiger partial charge on any atom is -0.383 e. The SMILES string of the molecule is CC#CC(=O)N1CCC[C@H](n2nc(-c3cnn(Cc4ccc(Cl)c(C(F)(F)F)c4)c3)c(C(N)=O)c2N)CC1. The molecule has 1 aromatic carbocycles. The number of aromatic nitrogens is 4. The first kappa shape index (κ1) is 27.1. The van der Waals surface area contributed by atoms with Crippen molar-refractivity contribution in [2.24, 2.45) is 5.73 Å². The summed E-state index contributed by atoms with van der Waals surface area (Å²) >= 11 is 5.71. The predicted octanol–water partition coefficient (Wildman–Crippen LogP) is 3.73. The fourth-order valence-electron chi connectivity index (χ4n) is 4.53. The smallest absolute Gasteiger partial charge is 0.383 e. The minimum absolute atomic E-state index is 0.0233. The molecule has 0 radical (unpaired) electrons. The number of carbonyl (C=O) groups is 2. The average molecular weight is 548 g/mol. The lowest BCUT2D eigenvalue weighted by Gasteiger charge is -2.18. The van der Waals surface area contributed by atoms with Crippen molar-refractivity contribution in [3.63, 3.8) is 0 Å². The van der Waals surface area contributed by atoms with Crippen LogP contribution in [0.4, 0.5) is 19.0 Å². The fraction of sp³-hybridized carbons (Fsp3) is 0.360. The average Bonchev–Trinajstić information content (AvgIpc) is 3.35. The van der Waals surface area contributed by atoms with Crippen LogP contribution in [0.2, 0.25) is 5.02 Å². The van der Waals surface area contributed by atoms with Crippen LogP contribution in [-0.4, -0.2) is 49.4 Å². The molecule has 1 fully saturated rings. The lowest BCUT2D eigenvalue weighted by atomic mass is 10.1. The molecule has 13 heteroatoms. The van der Waals surface area contributed by atoms with Crippen LogP contribution < -0.4 is 11.5 Å². The Kier molecular flexibility index (Phi) is 7.68. The van der Waals surface area contributed by atoms with Crippen molar-refractivity contribution in [2.75, 3.05) is 18.8 Å². The van der Waals surface area contributed by atoms with E-state index in [1.807, 2.05) is 0 Å². The number of halogens is 4. The Bertz CT molecular complexity index is 1430. The van der Waals surface area contributed by atoms with Crippen LogP contribution in [0.5, 0.6) is 0 Å². The Hall–Kier alpha value is -3.98. The number of nitrogen functional groups attached to an aromatic ring is 1. The van der Waals surface area contributed by atoms with Crippen LogP contribution in [0, 0.1) is 11.8 Å². The van der Waals surface area contributed by atoms with Gasteiger partial charge in [-0.15, -0.1) is 0 Å². The number of amides is 2. The van der Waals surface area contributed by atoms with E-state index in [0.29, 0.717) is 43.5 Å². The second-order valence-electron chi connectivity index (χ2n) is 8.91. The van der Waals surface area contributed by atoms with Crippen LogP contribution in [0.25, 0.3) is 11.3 Å². The van der Waals surface area contributed by atoms with Gasteiger partial charge in [-0.05, 0) is 49.8 Å². The van der Waals surface area contributed by atoms with Crippen molar-refractivity contribution in [3.05, 3.63) is 52.3 Å². The molecule has 2 aromatic heterocycles. The predicted molar refractivity (Wildman–Crippen MR) is 135 cm³/mol. The van der Waals surface area contributed by atoms with Gasteiger partial charge in [0.25, 0.3) is 11.8 Å². The van der Waals surface area contributed by atoms with Gasteiger partial charge in [0.1, 0.15) is 17.1 Å². The number of nitrogens with zero attached hydrogens (tertiary/aromatic N) is 5. The first-order valence-electron chi connectivity index (χ1n) is 11.8. The molecule has 9 nitrogen and oxygen atoms in total. The molecule has 3 aromatic rings. The van der Waals surface area contributed by atoms with E-state index in [9.17, 15) is 22.8 Å². The summed E-state index contributed by atoms with van der Waals surface area (Å²) in [7, 11) is 0. The van der Waals surface area contributed by atoms with Crippen molar-refractivity contribution < 1.29 is 22.8 Å². The lowest BCUT2D eigenvalue weighted by Crippen LogP contribution is -2.31. The van der Waals surface area contributed by atoms with E-state index in [1.165, 1.54) is 23.0 Å². The summed E-state index contributed by atoms with van der Waals surface area (Å²) in [6, 6.07) is 3.46. The van der Waals surface area contributed by atoms with Crippen LogP contribution in [0.1, 0.15) is 53.7 Å². The first-order valence-corrected chi connectivity index (χ1v) is 12.1. The maximum absolute atomic E-state index is 13.2. The van der Waals surface area contributed by atoms with E-state index in [0.717, 1.165) is 6.07 Å². The van der Waals surface area contributed by atoms with Crippen molar-refractivity contribution in [1.29, 1.82) is 0 Å². The highest BCUT2D eigenvalue weighted by atomic mass is 35.5. The van der Waals surface area contributed by atoms with E-state index in [-0.39, 0.29) is 40.6 Å². The molecule has 1 aliphatic heterocycles. The zero-order chi connectivity index (χ0) is 27.6. The van der Waals surface area contributed by atoms with Gasteiger partial charge in [0, 0.05) is 24.8 Å². The lowest BCUT2D eigenvalue weighted by molar-refractivity contribution is -0.137. The number of nitrogens with two attached hydrogens (primary N) is 2. The minimum atomic E-state index is -4.59. The van der Waals surface area contributed by atoms with Crippen molar-refractivity contribution >= 4 is 29.2 Å². The number of carbonyl (C=O) groups excluding carboxylic acids is 2. The van der Waals surface area contributed by atoms with Crippen LogP contribution in [0.15, 0.2) is 30.6 Å². The number of hydrogen-bond acceptors (Lipinski definition) is 5. The van der Waals surface area contributed by atoms with Gasteiger partial charge in [0.05, 0.1) is 29.4 Å². The van der Waals surface area contributed by atoms with E-state index >= 15 is 0 Å². The highest BCUT2D eigenvalue weighted by molar-refractivity contribution is 6.31. The van der Waals surface area contributed by atoms with Gasteiger partial charge >= 0.3 is 6.18 Å². The Morgan fingerprint density at radius 1 is 1.24 bits per heavy atom. The number of hydrogen-bond donors (Lipinski definition) is 2. The molecule has 1 saturated heterocycles. The first-order chi connectivity index (χ1) is 18.0. The Morgan fingerprint density at radius 3 is 2.68 bits per heavy atom. The van der Waals surface area contributed by atoms with E-state index < -0.39 is 17.6 Å². The normalized spacial score (nSPS) is 16.0. The third-order valence-corrected chi connectivity index (χ3v) is 6.67. The third kappa shape index (κ3) is 5.62. The molecule has 1 aliphatic rings. The molecule has 3 heterocycles. The van der Waals surface area contributed by atoms with Crippen molar-refractivity contribution in [2.45, 2.75) is 44.9 Å². The molecule has 200 valence electrons. The summed E-state index contributed by atoms with van der Waals surface area (Å²) in [5.41, 5.74) is 12.0. The standard InChI is InChI=1S/C25H25ClF3N7O2/c1-2-4-20(37)34-9-3-5-17(8-10-34)36-23(30)21(24(31)38)22(33-36)16-12-32-35(14-16)13-15-6-7-19(26)18(11-15)25(27,28)29/h6-7,11-12,14,17H,3,5,8-10,13,30H2,1H3,(H2,31,38)/t17-/m0/s1. The van der Waals surface area contributed by atoms with Gasteiger partial charge in [0.2, 0.25) is 0 Å². The molecular weight excluding hydrogens is 523 g/mol. The zero-order valence-electron chi connectivity index (χ0n) is 20.4. The fourth-order valence-corrected chi connectivity index (χ4v) is 4.76. The molecule has 2 amide bonds. The van der Waals surface area contributed by atoms with E-state index in [2.05, 4.69) is 22.0 Å². The molecule has 0 bridgehead atoms. The van der Waals surface area contributed by atoms with Gasteiger partial charge < -0.3 is 16.4 Å². The zero-order valence-corrected chi connectivity index (χ0v) is 21.2. The Balaban J connectivity index is 1.60. The molecule has 1 atom stereocenters. The second kappa shape index (κ2) is 10.8. The Labute approximate surface area is 221 Å². The van der Waals surface area contributed by atoms with Crippen LogP contribution in [0.3, 0.4) is 0 Å². The number of anilines is 1. The highest BCUT2D eigenvalue weighted by Crippen LogP contribution is 2.36. The molecule has 0 unspecified atom stereocenters. The summed E-state index contributed by atoms with van der Waals surface area (Å²) in [5, 5.41) is 8.42. The quantitative estimate of drug-likeness (QED) is 0.471. The molecule has 0 spiro atoms. The summed E-state index contributed by atoms with van der Waals surface area (Å²) in [4.78, 5) is 26.2. The molecule has 4 rings (SSSR count). The number of benzene rings is 1. The van der Waals surface area contributed by atoms with Gasteiger partial charge in [0.15, 0.2) is 0 Å². The van der Waals surface area contributed by atoms with Crippen LogP contribution in [-0.2, 0) is 17.5 Å². The monoisotopic (exact) mass is 547 g/mol. The largest absolute Gasteiger partial charge is 0.417 e. The number of primary amides is 1. The molecular formula is C25H25ClF3N7O2. The van der Waals surface area contributed by atoms with Gasteiger partial charge in [-0.2, -0.15) is 23.4 Å². The summed E-state index contributed by atoms with van der Waals surface area (Å²) in [6.45, 7) is 2.63. The summed E-state index contributed by atoms with van der Waals surface area (Å²) < 4.78 is 42.7. The van der Waals surface area contributed by atoms with Crippen molar-refractivity contribution in [3.8, 4) is 23.1 Å². The van der Waals surface area contributed by atoms with Gasteiger partial charge in [-0.3, -0.25) is 14.3 Å². The van der Waals surface area contributed by atoms with Crippen molar-refractivity contribution in [1.82, 2.24) is 24.5 Å². The maximum Gasteiger partial charge on any atom is 0.417 e. The maximum atomic E-state index is 13.2. The number of likely N-dealkylation sites (tertiary alicyclic amines) is 1. The molecule has 38 heavy (non-hydrogen) atoms. The summed E-state index contributed by atoms with van der Waals surface area (Å²) in [5.74, 6) is 4.25. The number of rotatable bonds is 5. The van der Waals surface area contributed by atoms with Gasteiger partial charge in [-0.1, -0.05) is 23.6 Å². The molecule has 4 N–H and O–H groups in total. The topological polar surface area (TPSA) is 125 Å². The van der Waals surface area contributed by atoms with Crippen LogP contribution >= 0.6 is 11.6 Å². The van der Waals surface area contributed by atoms with E-state index in [4.69, 9.17) is 23.1 Å². The van der Waals surface area contributed by atoms with Gasteiger partial charge in [-0.25, -0.2) is 4.68 Å². The second-order valence-corrected chi connectivity index (χ2v) is 9.32. The molecule has 0 aliphatic carbocycles. The molecule has 0 saturated carbocycles. The third-order valence-electron chi connectivity index (χ3n) is 6.34. The summed E-state index contributed by atoms with van der Waals surface area (Å²) in [6.07, 6.45) is 0.325.